The van der Waals surface area contributed by atoms with Crippen LogP contribution in [-0.4, -0.2) is 23.7 Å². The van der Waals surface area contributed by atoms with Crippen molar-refractivity contribution in [2.75, 3.05) is 6.61 Å². The third-order valence-electron chi connectivity index (χ3n) is 4.49. The van der Waals surface area contributed by atoms with Gasteiger partial charge in [-0.1, -0.05) is 57.2 Å². The summed E-state index contributed by atoms with van der Waals surface area (Å²) in [4.78, 5) is 24.4. The first kappa shape index (κ1) is 22.1. The van der Waals surface area contributed by atoms with Crippen molar-refractivity contribution in [2.45, 2.75) is 27.2 Å². The molecule has 0 radical (unpaired) electrons. The molecule has 160 valence electrons. The number of esters is 1. The Bertz CT molecular complexity index is 1050. The summed E-state index contributed by atoms with van der Waals surface area (Å²) in [6.07, 6.45) is 0.584. The Morgan fingerprint density at radius 3 is 2.06 bits per heavy atom. The summed E-state index contributed by atoms with van der Waals surface area (Å²) in [6.45, 7) is 6.79. The van der Waals surface area contributed by atoms with Gasteiger partial charge in [-0.05, 0) is 59.4 Å². The highest BCUT2D eigenvalue weighted by Crippen LogP contribution is 2.23. The van der Waals surface area contributed by atoms with Gasteiger partial charge in [0, 0.05) is 0 Å². The molecule has 3 aromatic rings. The minimum Gasteiger partial charge on any atom is -0.493 e. The molecule has 0 saturated carbocycles. The second-order valence-corrected chi connectivity index (χ2v) is 8.56. The minimum atomic E-state index is -1.18. The van der Waals surface area contributed by atoms with Crippen molar-refractivity contribution in [3.8, 4) is 11.5 Å². The molecule has 1 N–H and O–H groups in total. The molecule has 0 atom stereocenters. The van der Waals surface area contributed by atoms with Gasteiger partial charge in [-0.15, -0.1) is 0 Å². The molecule has 0 saturated heterocycles. The molecule has 0 aromatic heterocycles. The van der Waals surface area contributed by atoms with Crippen molar-refractivity contribution in [1.29, 1.82) is 0 Å². The Labute approximate surface area is 182 Å². The number of aromatic carboxylic acids is 1. The van der Waals surface area contributed by atoms with Gasteiger partial charge < -0.3 is 14.6 Å². The second-order valence-electron chi connectivity index (χ2n) is 8.56. The van der Waals surface area contributed by atoms with E-state index >= 15 is 0 Å². The van der Waals surface area contributed by atoms with Crippen molar-refractivity contribution < 1.29 is 24.2 Å². The molecular formula is C26H26O5. The fourth-order valence-electron chi connectivity index (χ4n) is 2.95. The lowest BCUT2D eigenvalue weighted by atomic mass is 9.99. The minimum absolute atomic E-state index is 0.0222. The van der Waals surface area contributed by atoms with Gasteiger partial charge in [-0.3, -0.25) is 0 Å². The van der Waals surface area contributed by atoms with E-state index in [1.165, 1.54) is 6.07 Å². The van der Waals surface area contributed by atoms with Crippen molar-refractivity contribution >= 4 is 11.9 Å². The molecule has 0 bridgehead atoms. The van der Waals surface area contributed by atoms with Crippen LogP contribution in [0.3, 0.4) is 0 Å². The lowest BCUT2D eigenvalue weighted by molar-refractivity contribution is 0.0668. The Morgan fingerprint density at radius 2 is 1.45 bits per heavy atom. The largest absolute Gasteiger partial charge is 0.493 e. The molecule has 3 aromatic carbocycles. The van der Waals surface area contributed by atoms with Crippen molar-refractivity contribution in [2.24, 2.45) is 5.41 Å². The highest BCUT2D eigenvalue weighted by Gasteiger charge is 2.19. The fraction of sp³-hybridized carbons (Fsp3) is 0.231. The molecule has 0 unspecified atom stereocenters. The van der Waals surface area contributed by atoms with Crippen molar-refractivity contribution in [1.82, 2.24) is 0 Å². The molecular weight excluding hydrogens is 392 g/mol. The maximum Gasteiger partial charge on any atom is 0.344 e. The predicted octanol–water partition coefficient (Wildman–Crippen LogP) is 5.62. The third-order valence-corrected chi connectivity index (χ3v) is 4.49. The van der Waals surface area contributed by atoms with E-state index in [-0.39, 0.29) is 16.5 Å². The van der Waals surface area contributed by atoms with Crippen LogP contribution in [0.25, 0.3) is 0 Å². The quantitative estimate of drug-likeness (QED) is 0.398. The van der Waals surface area contributed by atoms with Gasteiger partial charge in [0.05, 0.1) is 17.7 Å². The highest BCUT2D eigenvalue weighted by molar-refractivity contribution is 6.03. The van der Waals surface area contributed by atoms with Crippen molar-refractivity contribution in [3.63, 3.8) is 0 Å². The fourth-order valence-corrected chi connectivity index (χ4v) is 2.95. The van der Waals surface area contributed by atoms with Gasteiger partial charge >= 0.3 is 11.9 Å². The molecule has 0 heterocycles. The topological polar surface area (TPSA) is 72.8 Å². The van der Waals surface area contributed by atoms with E-state index in [4.69, 9.17) is 9.47 Å². The van der Waals surface area contributed by atoms with Gasteiger partial charge in [0.1, 0.15) is 11.5 Å². The van der Waals surface area contributed by atoms with Crippen LogP contribution in [0.5, 0.6) is 11.5 Å². The standard InChI is InChI=1S/C26H26O5/c1-26(2,3)17-30-20-10-12-21(13-11-20)31-25(29)23-16-19(9-14-22(23)24(27)28)15-18-7-5-4-6-8-18/h4-14,16H,15,17H2,1-3H3,(H,27,28). The van der Waals surface area contributed by atoms with Gasteiger partial charge in [0.15, 0.2) is 0 Å². The lowest BCUT2D eigenvalue weighted by Gasteiger charge is -2.18. The number of carboxylic acids is 1. The average molecular weight is 418 g/mol. The van der Waals surface area contributed by atoms with Crippen LogP contribution in [0, 0.1) is 5.41 Å². The van der Waals surface area contributed by atoms with Crippen LogP contribution in [0.1, 0.15) is 52.6 Å². The number of rotatable bonds is 7. The Kier molecular flexibility index (Phi) is 6.75. The number of hydrogen-bond donors (Lipinski definition) is 1. The maximum atomic E-state index is 12.8. The number of ether oxygens (including phenoxy) is 2. The van der Waals surface area contributed by atoms with Crippen LogP contribution in [0.15, 0.2) is 72.8 Å². The molecule has 5 heteroatoms. The summed E-state index contributed by atoms with van der Waals surface area (Å²) >= 11 is 0. The second kappa shape index (κ2) is 9.47. The zero-order valence-corrected chi connectivity index (χ0v) is 17.9. The van der Waals surface area contributed by atoms with Crippen LogP contribution < -0.4 is 9.47 Å². The van der Waals surface area contributed by atoms with Gasteiger partial charge in [-0.2, -0.15) is 0 Å². The average Bonchev–Trinajstić information content (AvgIpc) is 2.73. The van der Waals surface area contributed by atoms with Crippen molar-refractivity contribution in [3.05, 3.63) is 95.1 Å². The SMILES string of the molecule is CC(C)(C)COc1ccc(OC(=O)c2cc(Cc3ccccc3)ccc2C(=O)O)cc1. The Morgan fingerprint density at radius 1 is 0.806 bits per heavy atom. The summed E-state index contributed by atoms with van der Waals surface area (Å²) in [5, 5.41) is 9.50. The summed E-state index contributed by atoms with van der Waals surface area (Å²) in [5.41, 5.74) is 1.86. The van der Waals surface area contributed by atoms with E-state index in [1.807, 2.05) is 30.3 Å². The molecule has 0 aliphatic rings. The molecule has 5 nitrogen and oxygen atoms in total. The Hall–Kier alpha value is -3.60. The van der Waals surface area contributed by atoms with E-state index < -0.39 is 11.9 Å². The normalized spacial score (nSPS) is 11.1. The van der Waals surface area contributed by atoms with Crippen LogP contribution in [0.4, 0.5) is 0 Å². The number of carbonyl (C=O) groups is 2. The van der Waals surface area contributed by atoms with Gasteiger partial charge in [0.2, 0.25) is 0 Å². The molecule has 31 heavy (non-hydrogen) atoms. The van der Waals surface area contributed by atoms with Gasteiger partial charge in [0.25, 0.3) is 0 Å². The molecule has 0 spiro atoms. The first-order chi connectivity index (χ1) is 14.7. The van der Waals surface area contributed by atoms with E-state index in [2.05, 4.69) is 20.8 Å². The lowest BCUT2D eigenvalue weighted by Crippen LogP contribution is -2.17. The number of carboxylic acid groups (broad SMARTS) is 1. The van der Waals surface area contributed by atoms with Crippen LogP contribution >= 0.6 is 0 Å². The molecule has 0 aliphatic heterocycles. The smallest absolute Gasteiger partial charge is 0.344 e. The summed E-state index contributed by atoms with van der Waals surface area (Å²) in [5.74, 6) is -0.900. The number of carbonyl (C=O) groups excluding carboxylic acids is 1. The van der Waals surface area contributed by atoms with Crippen LogP contribution in [0.2, 0.25) is 0 Å². The summed E-state index contributed by atoms with van der Waals surface area (Å²) in [6, 6.07) is 21.2. The van der Waals surface area contributed by atoms with E-state index in [0.717, 1.165) is 11.1 Å². The first-order valence-electron chi connectivity index (χ1n) is 10.1. The third kappa shape index (κ3) is 6.44. The first-order valence-corrected chi connectivity index (χ1v) is 10.1. The molecule has 0 aliphatic carbocycles. The van der Waals surface area contributed by atoms with E-state index in [0.29, 0.717) is 24.5 Å². The zero-order valence-electron chi connectivity index (χ0n) is 17.9. The van der Waals surface area contributed by atoms with E-state index in [9.17, 15) is 14.7 Å². The monoisotopic (exact) mass is 418 g/mol. The maximum absolute atomic E-state index is 12.8. The molecule has 0 amide bonds. The zero-order chi connectivity index (χ0) is 22.4. The summed E-state index contributed by atoms with van der Waals surface area (Å²) < 4.78 is 11.2. The van der Waals surface area contributed by atoms with Gasteiger partial charge in [-0.25, -0.2) is 9.59 Å². The Balaban J connectivity index is 1.76. The summed E-state index contributed by atoms with van der Waals surface area (Å²) in [7, 11) is 0. The van der Waals surface area contributed by atoms with Crippen LogP contribution in [-0.2, 0) is 6.42 Å². The van der Waals surface area contributed by atoms with E-state index in [1.54, 1.807) is 36.4 Å². The number of hydrogen-bond acceptors (Lipinski definition) is 4. The number of benzene rings is 3. The highest BCUT2D eigenvalue weighted by atomic mass is 16.5. The predicted molar refractivity (Wildman–Crippen MR) is 119 cm³/mol. The molecule has 3 rings (SSSR count). The molecule has 0 fully saturated rings.